The van der Waals surface area contributed by atoms with E-state index in [1.54, 1.807) is 0 Å². The Morgan fingerprint density at radius 2 is 2.23 bits per heavy atom. The number of carbonyl (C=O) groups is 1. The van der Waals surface area contributed by atoms with Crippen molar-refractivity contribution in [3.63, 3.8) is 0 Å². The Bertz CT molecular complexity index is 252. The van der Waals surface area contributed by atoms with E-state index in [4.69, 9.17) is 0 Å². The fourth-order valence-corrected chi connectivity index (χ4v) is 3.06. The first-order valence-corrected chi connectivity index (χ1v) is 5.22. The Kier molecular flexibility index (Phi) is 1.86. The Balaban J connectivity index is 2.12. The van der Waals surface area contributed by atoms with Crippen molar-refractivity contribution in [2.75, 3.05) is 0 Å². The van der Waals surface area contributed by atoms with E-state index in [0.717, 1.165) is 25.2 Å². The van der Waals surface area contributed by atoms with E-state index in [1.807, 2.05) is 6.08 Å². The van der Waals surface area contributed by atoms with Crippen LogP contribution < -0.4 is 0 Å². The molecular formula is C12H18O. The van der Waals surface area contributed by atoms with Crippen LogP contribution in [0.25, 0.3) is 0 Å². The number of carbonyl (C=O) groups excluding carboxylic acids is 1. The number of hydrogen-bond acceptors (Lipinski definition) is 1. The highest BCUT2D eigenvalue weighted by Gasteiger charge is 2.57. The molecule has 1 heteroatoms. The predicted octanol–water partition coefficient (Wildman–Crippen LogP) is 2.81. The number of fused-ring (bicyclic) bond motifs is 2. The van der Waals surface area contributed by atoms with Crippen LogP contribution in [0.15, 0.2) is 12.7 Å². The maximum absolute atomic E-state index is 11.9. The summed E-state index contributed by atoms with van der Waals surface area (Å²) in [7, 11) is 0. The summed E-state index contributed by atoms with van der Waals surface area (Å²) in [6, 6.07) is 0. The van der Waals surface area contributed by atoms with Crippen molar-refractivity contribution in [2.45, 2.75) is 33.1 Å². The van der Waals surface area contributed by atoms with E-state index >= 15 is 0 Å². The lowest BCUT2D eigenvalue weighted by Crippen LogP contribution is -2.56. The van der Waals surface area contributed by atoms with Gasteiger partial charge in [0.2, 0.25) is 0 Å². The zero-order valence-corrected chi connectivity index (χ0v) is 8.55. The predicted molar refractivity (Wildman–Crippen MR) is 53.3 cm³/mol. The molecule has 3 rings (SSSR count). The van der Waals surface area contributed by atoms with E-state index in [2.05, 4.69) is 20.4 Å². The lowest BCUT2D eigenvalue weighted by Gasteiger charge is -2.57. The molecule has 0 amide bonds. The highest BCUT2D eigenvalue weighted by Crippen LogP contribution is 2.59. The molecule has 3 aliphatic rings. The van der Waals surface area contributed by atoms with Gasteiger partial charge in [-0.15, -0.1) is 6.58 Å². The van der Waals surface area contributed by atoms with Crippen LogP contribution in [0.3, 0.4) is 0 Å². The lowest BCUT2D eigenvalue weighted by atomic mass is 9.46. The molecule has 3 fully saturated rings. The molecule has 0 aromatic rings. The van der Waals surface area contributed by atoms with Crippen LogP contribution in [-0.4, -0.2) is 5.78 Å². The first kappa shape index (κ1) is 8.98. The number of ketones is 1. The van der Waals surface area contributed by atoms with Gasteiger partial charge in [0.05, 0.1) is 0 Å². The van der Waals surface area contributed by atoms with Gasteiger partial charge in [-0.05, 0) is 30.6 Å². The molecule has 2 bridgehead atoms. The van der Waals surface area contributed by atoms with Gasteiger partial charge in [0.25, 0.3) is 0 Å². The smallest absolute Gasteiger partial charge is 0.139 e. The third-order valence-electron chi connectivity index (χ3n) is 4.24. The van der Waals surface area contributed by atoms with E-state index in [0.29, 0.717) is 23.0 Å². The van der Waals surface area contributed by atoms with Gasteiger partial charge in [0.1, 0.15) is 5.78 Å². The largest absolute Gasteiger partial charge is 0.299 e. The SMILES string of the molecule is C=CCC1CC2CC(C1=O)C2(C)C. The van der Waals surface area contributed by atoms with Crippen LogP contribution in [0.4, 0.5) is 0 Å². The number of hydrogen-bond donors (Lipinski definition) is 0. The zero-order chi connectivity index (χ0) is 9.64. The average molecular weight is 178 g/mol. The number of Topliss-reactive ketones (excluding diaryl/α,β-unsaturated/α-hetero) is 1. The van der Waals surface area contributed by atoms with Gasteiger partial charge in [-0.1, -0.05) is 19.9 Å². The second-order valence-electron chi connectivity index (χ2n) is 5.17. The minimum atomic E-state index is 0.300. The summed E-state index contributed by atoms with van der Waals surface area (Å²) >= 11 is 0. The van der Waals surface area contributed by atoms with Crippen LogP contribution in [-0.2, 0) is 4.79 Å². The van der Waals surface area contributed by atoms with Crippen molar-refractivity contribution in [2.24, 2.45) is 23.2 Å². The van der Waals surface area contributed by atoms with Gasteiger partial charge in [-0.3, -0.25) is 4.79 Å². The lowest BCUT2D eigenvalue weighted by molar-refractivity contribution is -0.156. The van der Waals surface area contributed by atoms with E-state index in [-0.39, 0.29) is 0 Å². The van der Waals surface area contributed by atoms with Crippen LogP contribution in [0.1, 0.15) is 33.1 Å². The third-order valence-corrected chi connectivity index (χ3v) is 4.24. The minimum Gasteiger partial charge on any atom is -0.299 e. The van der Waals surface area contributed by atoms with Gasteiger partial charge >= 0.3 is 0 Å². The maximum atomic E-state index is 11.9. The van der Waals surface area contributed by atoms with Crippen LogP contribution >= 0.6 is 0 Å². The quantitative estimate of drug-likeness (QED) is 0.594. The summed E-state index contributed by atoms with van der Waals surface area (Å²) in [6.45, 7) is 8.20. The first-order valence-electron chi connectivity index (χ1n) is 5.22. The summed E-state index contributed by atoms with van der Waals surface area (Å²) in [6.07, 6.45) is 5.04. The molecule has 0 saturated heterocycles. The van der Waals surface area contributed by atoms with E-state index < -0.39 is 0 Å². The third kappa shape index (κ3) is 1.09. The van der Waals surface area contributed by atoms with Crippen LogP contribution in [0.5, 0.6) is 0 Å². The molecule has 0 aromatic heterocycles. The second-order valence-corrected chi connectivity index (χ2v) is 5.17. The van der Waals surface area contributed by atoms with E-state index in [1.165, 1.54) is 0 Å². The van der Waals surface area contributed by atoms with Crippen molar-refractivity contribution >= 4 is 5.78 Å². The molecule has 13 heavy (non-hydrogen) atoms. The molecule has 3 saturated carbocycles. The highest BCUT2D eigenvalue weighted by molar-refractivity contribution is 5.86. The summed E-state index contributed by atoms with van der Waals surface area (Å²) in [4.78, 5) is 11.9. The molecular weight excluding hydrogens is 160 g/mol. The van der Waals surface area contributed by atoms with Crippen molar-refractivity contribution < 1.29 is 4.79 Å². The molecule has 0 spiro atoms. The van der Waals surface area contributed by atoms with Crippen molar-refractivity contribution in [1.82, 2.24) is 0 Å². The minimum absolute atomic E-state index is 0.300. The molecule has 0 radical (unpaired) electrons. The van der Waals surface area contributed by atoms with Crippen LogP contribution in [0, 0.1) is 23.2 Å². The van der Waals surface area contributed by atoms with Gasteiger partial charge in [-0.2, -0.15) is 0 Å². The molecule has 72 valence electrons. The van der Waals surface area contributed by atoms with E-state index in [9.17, 15) is 4.79 Å². The summed E-state index contributed by atoms with van der Waals surface area (Å²) in [5.41, 5.74) is 0.300. The summed E-state index contributed by atoms with van der Waals surface area (Å²) in [5.74, 6) is 1.96. The van der Waals surface area contributed by atoms with Crippen molar-refractivity contribution in [3.05, 3.63) is 12.7 Å². The second kappa shape index (κ2) is 2.70. The van der Waals surface area contributed by atoms with Gasteiger partial charge in [0, 0.05) is 11.8 Å². The van der Waals surface area contributed by atoms with Crippen molar-refractivity contribution in [1.29, 1.82) is 0 Å². The topological polar surface area (TPSA) is 17.1 Å². The highest BCUT2D eigenvalue weighted by atomic mass is 16.1. The van der Waals surface area contributed by atoms with Crippen molar-refractivity contribution in [3.8, 4) is 0 Å². The zero-order valence-electron chi connectivity index (χ0n) is 8.55. The Hall–Kier alpha value is -0.590. The average Bonchev–Trinajstić information content (AvgIpc) is 2.08. The summed E-state index contributed by atoms with van der Waals surface area (Å²) in [5, 5.41) is 0. The fourth-order valence-electron chi connectivity index (χ4n) is 3.06. The molecule has 3 atom stereocenters. The molecule has 3 aliphatic carbocycles. The fraction of sp³-hybridized carbons (Fsp3) is 0.750. The number of allylic oxidation sites excluding steroid dienone is 1. The standard InChI is InChI=1S/C12H18O/c1-4-5-8-6-9-7-10(11(8)13)12(9,2)3/h4,8-10H,1,5-7H2,2-3H3. The Morgan fingerprint density at radius 1 is 1.54 bits per heavy atom. The molecule has 0 heterocycles. The summed E-state index contributed by atoms with van der Waals surface area (Å²) < 4.78 is 0. The molecule has 0 aromatic carbocycles. The Labute approximate surface area is 80.2 Å². The normalized spacial score (nSPS) is 41.1. The monoisotopic (exact) mass is 178 g/mol. The molecule has 1 nitrogen and oxygen atoms in total. The van der Waals surface area contributed by atoms with Gasteiger partial charge < -0.3 is 0 Å². The number of rotatable bonds is 2. The molecule has 3 unspecified atom stereocenters. The Morgan fingerprint density at radius 3 is 2.69 bits per heavy atom. The molecule has 0 N–H and O–H groups in total. The maximum Gasteiger partial charge on any atom is 0.139 e. The van der Waals surface area contributed by atoms with Gasteiger partial charge in [-0.25, -0.2) is 0 Å². The van der Waals surface area contributed by atoms with Gasteiger partial charge in [0.15, 0.2) is 0 Å². The van der Waals surface area contributed by atoms with Crippen LogP contribution in [0.2, 0.25) is 0 Å². The molecule has 0 aliphatic heterocycles. The first-order chi connectivity index (χ1) is 6.07.